The van der Waals surface area contributed by atoms with E-state index in [0.29, 0.717) is 52.7 Å². The highest BCUT2D eigenvalue weighted by atomic mass is 16.5. The van der Waals surface area contributed by atoms with Gasteiger partial charge in [0.2, 0.25) is 11.6 Å². The van der Waals surface area contributed by atoms with Crippen LogP contribution in [0.1, 0.15) is 41.2 Å². The topological polar surface area (TPSA) is 169 Å². The van der Waals surface area contributed by atoms with E-state index in [1.54, 1.807) is 42.5 Å². The van der Waals surface area contributed by atoms with Gasteiger partial charge >= 0.3 is 0 Å². The van der Waals surface area contributed by atoms with E-state index in [0.717, 1.165) is 5.56 Å². The van der Waals surface area contributed by atoms with Crippen LogP contribution in [0.15, 0.2) is 83.4 Å². The summed E-state index contributed by atoms with van der Waals surface area (Å²) >= 11 is 0. The summed E-state index contributed by atoms with van der Waals surface area (Å²) in [7, 11) is 4.59. The minimum absolute atomic E-state index is 0.0378. The van der Waals surface area contributed by atoms with Gasteiger partial charge in [-0.3, -0.25) is 10.2 Å². The lowest BCUT2D eigenvalue weighted by Crippen LogP contribution is -2.52. The predicted octanol–water partition coefficient (Wildman–Crippen LogP) is 4.94. The number of hydrogen-bond acceptors (Lipinski definition) is 10. The van der Waals surface area contributed by atoms with Crippen molar-refractivity contribution in [3.05, 3.63) is 106 Å². The van der Waals surface area contributed by atoms with Crippen molar-refractivity contribution in [1.29, 1.82) is 0 Å². The van der Waals surface area contributed by atoms with Gasteiger partial charge in [-0.2, -0.15) is 0 Å². The summed E-state index contributed by atoms with van der Waals surface area (Å²) in [6, 6.07) is 18.0. The summed E-state index contributed by atoms with van der Waals surface area (Å²) in [6.07, 6.45) is 1.39. The van der Waals surface area contributed by atoms with Crippen molar-refractivity contribution in [3.8, 4) is 23.0 Å². The van der Waals surface area contributed by atoms with Gasteiger partial charge in [-0.1, -0.05) is 35.5 Å². The van der Waals surface area contributed by atoms with Crippen LogP contribution in [0.4, 0.5) is 0 Å². The molecule has 4 rings (SSSR count). The molecule has 3 aromatic carbocycles. The summed E-state index contributed by atoms with van der Waals surface area (Å²) in [5.74, 6) is 1.84. The van der Waals surface area contributed by atoms with E-state index in [4.69, 9.17) is 39.3 Å². The maximum absolute atomic E-state index is 14.2. The monoisotopic (exact) mass is 630 g/mol. The number of hydrazine groups is 1. The summed E-state index contributed by atoms with van der Waals surface area (Å²) in [5, 5.41) is 12.8. The third kappa shape index (κ3) is 7.52. The van der Waals surface area contributed by atoms with Gasteiger partial charge in [0.1, 0.15) is 5.75 Å². The zero-order valence-electron chi connectivity index (χ0n) is 26.1. The van der Waals surface area contributed by atoms with Crippen molar-refractivity contribution in [2.24, 2.45) is 10.1 Å². The van der Waals surface area contributed by atoms with Gasteiger partial charge in [0.05, 0.1) is 34.5 Å². The molecule has 0 aliphatic carbocycles. The van der Waals surface area contributed by atoms with Crippen molar-refractivity contribution in [2.75, 3.05) is 34.5 Å². The van der Waals surface area contributed by atoms with Crippen LogP contribution in [0.25, 0.3) is 10.4 Å². The van der Waals surface area contributed by atoms with Crippen LogP contribution < -0.4 is 29.8 Å². The Morgan fingerprint density at radius 1 is 1.13 bits per heavy atom. The zero-order valence-corrected chi connectivity index (χ0v) is 26.1. The third-order valence-electron chi connectivity index (χ3n) is 7.35. The smallest absolute Gasteiger partial charge is 0.266 e. The average molecular weight is 631 g/mol. The Bertz CT molecular complexity index is 1560. The second-order valence-corrected chi connectivity index (χ2v) is 10.2. The second-order valence-electron chi connectivity index (χ2n) is 10.2. The van der Waals surface area contributed by atoms with Crippen molar-refractivity contribution in [3.63, 3.8) is 0 Å². The Balaban J connectivity index is 1.67. The molecule has 0 aromatic heterocycles. The highest BCUT2D eigenvalue weighted by Gasteiger charge is 2.53. The molecule has 0 saturated heterocycles. The number of carbonyl (C=O) groups excluding carboxylic acids is 1. The fourth-order valence-corrected chi connectivity index (χ4v) is 5.13. The van der Waals surface area contributed by atoms with Crippen molar-refractivity contribution < 1.29 is 33.6 Å². The van der Waals surface area contributed by atoms with E-state index < -0.39 is 17.6 Å². The minimum atomic E-state index is -1.47. The molecule has 0 radical (unpaired) electrons. The van der Waals surface area contributed by atoms with Crippen LogP contribution in [0.5, 0.6) is 23.0 Å². The molecule has 13 nitrogen and oxygen atoms in total. The molecule has 0 bridgehead atoms. The van der Waals surface area contributed by atoms with Gasteiger partial charge in [0.15, 0.2) is 23.1 Å². The number of ether oxygens (including phenoxy) is 5. The van der Waals surface area contributed by atoms with Gasteiger partial charge in [0.25, 0.3) is 5.91 Å². The summed E-state index contributed by atoms with van der Waals surface area (Å²) < 4.78 is 28.5. The fraction of sp³-hybridized carbons (Fsp3) is 0.333. The standard InChI is InChI=1S/C33H38N6O7/c1-5-15-33(32(41)38-35-20-22-18-27(42-2)29(44-4)28(19-22)43-3)30(26-10-7-6-9-24(26)21-36-39-34)46-31(37-33)23-11-13-25(14-12-23)45-17-8-16-40/h5-7,9-14,18-19,30,35,40H,1,8,15-17,20-21H2,2-4H3,(H,38,41)/t30-,33-/m0/s1. The number of nitrogens with zero attached hydrogens (tertiary/aromatic N) is 4. The second kappa shape index (κ2) is 16.2. The number of hydrogen-bond donors (Lipinski definition) is 3. The molecule has 13 heteroatoms. The molecule has 1 aliphatic rings. The normalized spacial score (nSPS) is 16.8. The molecule has 2 atom stereocenters. The maximum Gasteiger partial charge on any atom is 0.266 e. The van der Waals surface area contributed by atoms with Gasteiger partial charge in [-0.05, 0) is 58.6 Å². The molecule has 3 N–H and O–H groups in total. The van der Waals surface area contributed by atoms with Crippen molar-refractivity contribution >= 4 is 11.8 Å². The molecular weight excluding hydrogens is 592 g/mol. The summed E-state index contributed by atoms with van der Waals surface area (Å²) in [6.45, 7) is 4.61. The van der Waals surface area contributed by atoms with E-state index in [1.807, 2.05) is 24.3 Å². The first-order chi connectivity index (χ1) is 22.4. The lowest BCUT2D eigenvalue weighted by atomic mass is 9.83. The zero-order chi connectivity index (χ0) is 32.9. The van der Waals surface area contributed by atoms with E-state index in [2.05, 4.69) is 27.5 Å². The molecule has 0 spiro atoms. The lowest BCUT2D eigenvalue weighted by molar-refractivity contribution is -0.129. The summed E-state index contributed by atoms with van der Waals surface area (Å²) in [5.41, 5.74) is 16.1. The number of aliphatic hydroxyl groups is 1. The molecule has 1 amide bonds. The Morgan fingerprint density at radius 3 is 2.48 bits per heavy atom. The number of azide groups is 1. The number of amides is 1. The Hall–Kier alpha value is -5.23. The van der Waals surface area contributed by atoms with Crippen LogP contribution in [-0.2, 0) is 22.6 Å². The Kier molecular flexibility index (Phi) is 11.8. The molecule has 1 heterocycles. The molecule has 0 saturated carbocycles. The quantitative estimate of drug-likeness (QED) is 0.0471. The first-order valence-corrected chi connectivity index (χ1v) is 14.6. The maximum atomic E-state index is 14.2. The van der Waals surface area contributed by atoms with Crippen LogP contribution >= 0.6 is 0 Å². The summed E-state index contributed by atoms with van der Waals surface area (Å²) in [4.78, 5) is 22.0. The largest absolute Gasteiger partial charge is 0.494 e. The fourth-order valence-electron chi connectivity index (χ4n) is 5.13. The van der Waals surface area contributed by atoms with Crippen molar-refractivity contribution in [1.82, 2.24) is 10.9 Å². The third-order valence-corrected chi connectivity index (χ3v) is 7.35. The highest BCUT2D eigenvalue weighted by Crippen LogP contribution is 2.44. The average Bonchev–Trinajstić information content (AvgIpc) is 3.47. The minimum Gasteiger partial charge on any atom is -0.494 e. The van der Waals surface area contributed by atoms with Gasteiger partial charge in [0, 0.05) is 36.5 Å². The molecule has 0 fully saturated rings. The van der Waals surface area contributed by atoms with Crippen molar-refractivity contribution in [2.45, 2.75) is 37.6 Å². The van der Waals surface area contributed by atoms with E-state index in [1.165, 1.54) is 21.3 Å². The van der Waals surface area contributed by atoms with Gasteiger partial charge < -0.3 is 28.8 Å². The number of aliphatic hydroxyl groups excluding tert-OH is 1. The van der Waals surface area contributed by atoms with E-state index in [-0.39, 0.29) is 32.0 Å². The number of aliphatic imine (C=N–C) groups is 1. The number of benzene rings is 3. The van der Waals surface area contributed by atoms with Crippen LogP contribution in [-0.4, -0.2) is 57.0 Å². The first-order valence-electron chi connectivity index (χ1n) is 14.6. The molecular formula is C33H38N6O7. The molecule has 46 heavy (non-hydrogen) atoms. The highest BCUT2D eigenvalue weighted by molar-refractivity contribution is 6.01. The lowest BCUT2D eigenvalue weighted by Gasteiger charge is -2.30. The van der Waals surface area contributed by atoms with Crippen LogP contribution in [0, 0.1) is 0 Å². The molecule has 1 aliphatic heterocycles. The van der Waals surface area contributed by atoms with Gasteiger partial charge in [-0.15, -0.1) is 6.58 Å². The Morgan fingerprint density at radius 2 is 1.85 bits per heavy atom. The van der Waals surface area contributed by atoms with Crippen LogP contribution in [0.2, 0.25) is 0 Å². The van der Waals surface area contributed by atoms with E-state index in [9.17, 15) is 4.79 Å². The predicted molar refractivity (Wildman–Crippen MR) is 172 cm³/mol. The molecule has 0 unspecified atom stereocenters. The van der Waals surface area contributed by atoms with E-state index >= 15 is 0 Å². The SMILES string of the molecule is C=CC[C@]1(C(=O)NNCc2cc(OC)c(OC)c(OC)c2)N=C(c2ccc(OCCCO)cc2)O[C@H]1c1ccccc1CN=[N+]=[N-]. The van der Waals surface area contributed by atoms with Crippen LogP contribution in [0.3, 0.4) is 0 Å². The first kappa shape index (κ1) is 33.7. The number of rotatable bonds is 17. The Labute approximate surface area is 267 Å². The molecule has 3 aromatic rings. The number of methoxy groups -OCH3 is 3. The number of carbonyl (C=O) groups is 1. The van der Waals surface area contributed by atoms with Gasteiger partial charge in [-0.25, -0.2) is 10.4 Å². The molecule has 242 valence electrons. The number of nitrogens with one attached hydrogen (secondary N) is 2.